The molecule has 4 heterocycles. The van der Waals surface area contributed by atoms with Crippen LogP contribution in [0.15, 0.2) is 42.6 Å². The van der Waals surface area contributed by atoms with Gasteiger partial charge in [0, 0.05) is 76.8 Å². The van der Waals surface area contributed by atoms with Gasteiger partial charge >= 0.3 is 6.18 Å². The molecular weight excluding hydrogens is 579 g/mol. The highest BCUT2D eigenvalue weighted by atomic mass is 32.1. The van der Waals surface area contributed by atoms with Gasteiger partial charge in [0.25, 0.3) is 0 Å². The van der Waals surface area contributed by atoms with Gasteiger partial charge in [0.1, 0.15) is 0 Å². The van der Waals surface area contributed by atoms with Gasteiger partial charge in [0.2, 0.25) is 5.91 Å². The van der Waals surface area contributed by atoms with Crippen LogP contribution in [-0.4, -0.2) is 83.9 Å². The van der Waals surface area contributed by atoms with Gasteiger partial charge in [-0.1, -0.05) is 30.3 Å². The van der Waals surface area contributed by atoms with E-state index in [9.17, 15) is 18.0 Å². The van der Waals surface area contributed by atoms with Crippen LogP contribution in [0.2, 0.25) is 0 Å². The van der Waals surface area contributed by atoms with Gasteiger partial charge in [-0.2, -0.15) is 13.2 Å². The molecule has 43 heavy (non-hydrogen) atoms. The highest BCUT2D eigenvalue weighted by Gasteiger charge is 2.59. The number of hydrogen-bond donors (Lipinski definition) is 2. The second-order valence-corrected chi connectivity index (χ2v) is 12.6. The summed E-state index contributed by atoms with van der Waals surface area (Å²) in [5, 5.41) is 7.76. The van der Waals surface area contributed by atoms with E-state index in [-0.39, 0.29) is 36.6 Å². The number of aromatic nitrogens is 1. The minimum absolute atomic E-state index is 0.00603. The van der Waals surface area contributed by atoms with Crippen molar-refractivity contribution < 1.29 is 27.4 Å². The lowest BCUT2D eigenvalue weighted by Gasteiger charge is -2.38. The van der Waals surface area contributed by atoms with Gasteiger partial charge in [-0.15, -0.1) is 0 Å². The van der Waals surface area contributed by atoms with Crippen molar-refractivity contribution in [1.82, 2.24) is 25.4 Å². The molecule has 1 amide bonds. The fourth-order valence-corrected chi connectivity index (χ4v) is 7.59. The molecule has 5 atom stereocenters. The Kier molecular flexibility index (Phi) is 8.65. The van der Waals surface area contributed by atoms with Crippen LogP contribution in [0.1, 0.15) is 41.6 Å². The average molecular weight is 618 g/mol. The number of nitrogens with zero attached hydrogens (tertiary/aromatic N) is 3. The third-order valence-electron chi connectivity index (χ3n) is 9.59. The Bertz CT molecular complexity index is 1330. The molecule has 12 heteroatoms. The van der Waals surface area contributed by atoms with E-state index >= 15 is 0 Å². The van der Waals surface area contributed by atoms with E-state index in [1.54, 1.807) is 12.0 Å². The molecule has 6 rings (SSSR count). The van der Waals surface area contributed by atoms with Crippen LogP contribution in [0.4, 0.5) is 13.2 Å². The maximum absolute atomic E-state index is 14.5. The van der Waals surface area contributed by atoms with E-state index in [0.717, 1.165) is 30.7 Å². The first kappa shape index (κ1) is 30.2. The summed E-state index contributed by atoms with van der Waals surface area (Å²) in [5.41, 5.74) is 0.725. The molecule has 8 nitrogen and oxygen atoms in total. The first-order chi connectivity index (χ1) is 20.7. The van der Waals surface area contributed by atoms with Gasteiger partial charge in [-0.05, 0) is 54.6 Å². The zero-order chi connectivity index (χ0) is 30.2. The first-order valence-corrected chi connectivity index (χ1v) is 15.3. The standard InChI is InChI=1S/C31H38F3N5O3S/c1-41-27-18-42-10-8-26(27)37-24-12-23-17-39(29(43)36-14-20-5-3-2-4-6-20)19-30(23,13-24)28(40)38-9-7-25-21(16-38)11-22(15-35-25)31(32,33)34/h2-6,11,15,23-24,26-27,37H,7-10,12-14,16-19H2,1H3,(H,36,43). The zero-order valence-electron chi connectivity index (χ0n) is 24.2. The third-order valence-corrected chi connectivity index (χ3v) is 9.99. The number of pyridine rings is 1. The number of halogens is 3. The molecule has 2 N–H and O–H groups in total. The number of alkyl halides is 3. The molecule has 5 unspecified atom stereocenters. The number of thiocarbonyl (C=S) groups is 1. The van der Waals surface area contributed by atoms with E-state index in [0.29, 0.717) is 68.6 Å². The Morgan fingerprint density at radius 3 is 2.84 bits per heavy atom. The van der Waals surface area contributed by atoms with Crippen molar-refractivity contribution in [2.24, 2.45) is 11.3 Å². The monoisotopic (exact) mass is 617 g/mol. The minimum Gasteiger partial charge on any atom is -0.379 e. The molecule has 3 fully saturated rings. The summed E-state index contributed by atoms with van der Waals surface area (Å²) in [6.07, 6.45) is -0.951. The zero-order valence-corrected chi connectivity index (χ0v) is 25.1. The molecule has 1 aliphatic carbocycles. The van der Waals surface area contributed by atoms with Crippen LogP contribution < -0.4 is 10.6 Å². The summed E-state index contributed by atoms with van der Waals surface area (Å²) in [5.74, 6) is 0.0457. The summed E-state index contributed by atoms with van der Waals surface area (Å²) >= 11 is 5.81. The lowest BCUT2D eigenvalue weighted by Crippen LogP contribution is -2.52. The maximum Gasteiger partial charge on any atom is 0.417 e. The number of likely N-dealkylation sites (tertiary alicyclic amines) is 1. The van der Waals surface area contributed by atoms with Gasteiger partial charge in [0.05, 0.1) is 23.7 Å². The van der Waals surface area contributed by atoms with Crippen molar-refractivity contribution in [2.45, 2.75) is 63.1 Å². The molecule has 1 aromatic heterocycles. The number of hydrogen-bond acceptors (Lipinski definition) is 6. The quantitative estimate of drug-likeness (QED) is 0.477. The Labute approximate surface area is 255 Å². The fourth-order valence-electron chi connectivity index (χ4n) is 7.38. The summed E-state index contributed by atoms with van der Waals surface area (Å²) < 4.78 is 51.6. The number of carbonyl (C=O) groups excluding carboxylic acids is 1. The predicted molar refractivity (Wildman–Crippen MR) is 158 cm³/mol. The molecule has 0 radical (unpaired) electrons. The topological polar surface area (TPSA) is 79.0 Å². The number of fused-ring (bicyclic) bond motifs is 2. The van der Waals surface area contributed by atoms with Crippen molar-refractivity contribution in [3.05, 3.63) is 65.0 Å². The van der Waals surface area contributed by atoms with E-state index in [1.807, 2.05) is 30.3 Å². The molecule has 2 aromatic rings. The SMILES string of the molecule is COC1COCCC1NC1CC2CN(C(=S)NCc3ccccc3)CC2(C(=O)N2CCc3ncc(C(F)(F)F)cc3C2)C1. The van der Waals surface area contributed by atoms with E-state index < -0.39 is 17.2 Å². The molecular formula is C31H38F3N5O3S. The Balaban J connectivity index is 1.21. The summed E-state index contributed by atoms with van der Waals surface area (Å²) in [4.78, 5) is 22.5. The van der Waals surface area contributed by atoms with Crippen molar-refractivity contribution in [3.63, 3.8) is 0 Å². The van der Waals surface area contributed by atoms with Gasteiger partial charge in [0.15, 0.2) is 5.11 Å². The molecule has 1 saturated carbocycles. The van der Waals surface area contributed by atoms with Gasteiger partial charge in [-0.25, -0.2) is 0 Å². The molecule has 4 aliphatic rings. The lowest BCUT2D eigenvalue weighted by atomic mass is 9.78. The van der Waals surface area contributed by atoms with Crippen LogP contribution in [0.5, 0.6) is 0 Å². The number of nitrogens with one attached hydrogen (secondary N) is 2. The van der Waals surface area contributed by atoms with Crippen LogP contribution >= 0.6 is 12.2 Å². The fraction of sp³-hybridized carbons (Fsp3) is 0.581. The number of methoxy groups -OCH3 is 1. The van der Waals surface area contributed by atoms with E-state index in [2.05, 4.69) is 20.5 Å². The second kappa shape index (κ2) is 12.3. The van der Waals surface area contributed by atoms with E-state index in [4.69, 9.17) is 21.7 Å². The second-order valence-electron chi connectivity index (χ2n) is 12.2. The Hall–Kier alpha value is -2.80. The van der Waals surface area contributed by atoms with Gasteiger partial charge in [-0.3, -0.25) is 9.78 Å². The number of amides is 1. The molecule has 0 bridgehead atoms. The largest absolute Gasteiger partial charge is 0.417 e. The Morgan fingerprint density at radius 2 is 2.07 bits per heavy atom. The van der Waals surface area contributed by atoms with Gasteiger partial charge < -0.3 is 29.9 Å². The summed E-state index contributed by atoms with van der Waals surface area (Å²) in [6.45, 7) is 3.46. The highest BCUT2D eigenvalue weighted by Crippen LogP contribution is 2.51. The number of rotatable bonds is 6. The number of benzene rings is 1. The van der Waals surface area contributed by atoms with Crippen LogP contribution in [0.25, 0.3) is 0 Å². The third kappa shape index (κ3) is 6.25. The van der Waals surface area contributed by atoms with Crippen LogP contribution in [0, 0.1) is 11.3 Å². The molecule has 1 aromatic carbocycles. The molecule has 2 saturated heterocycles. The highest BCUT2D eigenvalue weighted by molar-refractivity contribution is 7.80. The molecule has 0 spiro atoms. The van der Waals surface area contributed by atoms with Crippen molar-refractivity contribution in [2.75, 3.05) is 40.0 Å². The summed E-state index contributed by atoms with van der Waals surface area (Å²) in [7, 11) is 1.69. The normalized spacial score (nSPS) is 28.8. The van der Waals surface area contributed by atoms with Crippen molar-refractivity contribution >= 4 is 23.2 Å². The van der Waals surface area contributed by atoms with Crippen molar-refractivity contribution in [3.8, 4) is 0 Å². The minimum atomic E-state index is -4.49. The van der Waals surface area contributed by atoms with Crippen LogP contribution in [0.3, 0.4) is 0 Å². The predicted octanol–water partition coefficient (Wildman–Crippen LogP) is 3.53. The average Bonchev–Trinajstić information content (AvgIpc) is 3.54. The van der Waals surface area contributed by atoms with Crippen molar-refractivity contribution in [1.29, 1.82) is 0 Å². The maximum atomic E-state index is 14.5. The lowest BCUT2D eigenvalue weighted by molar-refractivity contribution is -0.143. The summed E-state index contributed by atoms with van der Waals surface area (Å²) in [6, 6.07) is 11.4. The smallest absolute Gasteiger partial charge is 0.379 e. The first-order valence-electron chi connectivity index (χ1n) is 14.9. The Morgan fingerprint density at radius 1 is 1.26 bits per heavy atom. The van der Waals surface area contributed by atoms with E-state index in [1.165, 1.54) is 0 Å². The molecule has 232 valence electrons. The molecule has 3 aliphatic heterocycles. The number of ether oxygens (including phenoxy) is 2. The van der Waals surface area contributed by atoms with Crippen LogP contribution in [-0.2, 0) is 40.0 Å². The number of carbonyl (C=O) groups is 1.